The number of rotatable bonds is 2. The second-order valence-corrected chi connectivity index (χ2v) is 4.53. The fourth-order valence-corrected chi connectivity index (χ4v) is 2.19. The van der Waals surface area contributed by atoms with Crippen LogP contribution in [-0.4, -0.2) is 32.1 Å². The molecule has 0 radical (unpaired) electrons. The Labute approximate surface area is 127 Å². The first-order valence-electron chi connectivity index (χ1n) is 6.49. The van der Waals surface area contributed by atoms with Gasteiger partial charge in [-0.2, -0.15) is 0 Å². The predicted molar refractivity (Wildman–Crippen MR) is 79.7 cm³/mol. The Kier molecular flexibility index (Phi) is 4.41. The van der Waals surface area contributed by atoms with E-state index in [-0.39, 0.29) is 17.2 Å². The van der Waals surface area contributed by atoms with E-state index in [1.807, 2.05) is 0 Å². The van der Waals surface area contributed by atoms with Crippen LogP contribution in [0.15, 0.2) is 41.6 Å². The molecule has 0 saturated heterocycles. The maximum atomic E-state index is 12.0. The highest BCUT2D eigenvalue weighted by atomic mass is 16.5. The van der Waals surface area contributed by atoms with Crippen molar-refractivity contribution in [3.63, 3.8) is 0 Å². The lowest BCUT2D eigenvalue weighted by molar-refractivity contribution is -0.137. The molecule has 1 amide bonds. The van der Waals surface area contributed by atoms with Gasteiger partial charge in [-0.3, -0.25) is 9.69 Å². The van der Waals surface area contributed by atoms with Crippen LogP contribution in [0.25, 0.3) is 6.08 Å². The summed E-state index contributed by atoms with van der Waals surface area (Å²) in [6, 6.07) is 6.93. The molecule has 1 aromatic carbocycles. The summed E-state index contributed by atoms with van der Waals surface area (Å²) < 4.78 is 9.43. The maximum absolute atomic E-state index is 12.0. The number of para-hydroxylation sites is 1. The summed E-state index contributed by atoms with van der Waals surface area (Å²) in [7, 11) is 2.45. The van der Waals surface area contributed by atoms with E-state index in [4.69, 9.17) is 9.47 Å². The summed E-state index contributed by atoms with van der Waals surface area (Å²) in [6.07, 6.45) is 2.85. The molecule has 22 heavy (non-hydrogen) atoms. The zero-order valence-electron chi connectivity index (χ0n) is 12.5. The van der Waals surface area contributed by atoms with Crippen LogP contribution in [0.4, 0.5) is 5.69 Å². The van der Waals surface area contributed by atoms with Crippen molar-refractivity contribution in [2.75, 3.05) is 19.1 Å². The Bertz CT molecular complexity index is 702. The lowest BCUT2D eigenvalue weighted by Gasteiger charge is -2.23. The van der Waals surface area contributed by atoms with Crippen molar-refractivity contribution in [1.82, 2.24) is 0 Å². The van der Waals surface area contributed by atoms with Crippen molar-refractivity contribution in [3.8, 4) is 0 Å². The number of fused-ring (bicyclic) bond motifs is 1. The largest absolute Gasteiger partial charge is 0.465 e. The van der Waals surface area contributed by atoms with Gasteiger partial charge in [-0.15, -0.1) is 0 Å². The molecule has 114 valence electrons. The van der Waals surface area contributed by atoms with Crippen LogP contribution >= 0.6 is 0 Å². The van der Waals surface area contributed by atoms with Gasteiger partial charge in [0.1, 0.15) is 5.70 Å². The Balaban J connectivity index is 2.73. The van der Waals surface area contributed by atoms with Crippen LogP contribution in [0.3, 0.4) is 0 Å². The summed E-state index contributed by atoms with van der Waals surface area (Å²) in [5.74, 6) is -1.70. The van der Waals surface area contributed by atoms with Crippen molar-refractivity contribution < 1.29 is 23.9 Å². The highest BCUT2D eigenvalue weighted by Gasteiger charge is 2.28. The molecule has 0 atom stereocenters. The molecular weight excluding hydrogens is 286 g/mol. The molecule has 6 nitrogen and oxygen atoms in total. The Hall–Kier alpha value is -2.89. The van der Waals surface area contributed by atoms with Gasteiger partial charge >= 0.3 is 11.9 Å². The zero-order chi connectivity index (χ0) is 16.3. The van der Waals surface area contributed by atoms with Crippen molar-refractivity contribution in [2.45, 2.75) is 6.92 Å². The average Bonchev–Trinajstić information content (AvgIpc) is 2.70. The molecule has 1 heterocycles. The van der Waals surface area contributed by atoms with Crippen LogP contribution in [0.2, 0.25) is 0 Å². The molecule has 2 rings (SSSR count). The molecule has 0 bridgehead atoms. The Morgan fingerprint density at radius 3 is 2.18 bits per heavy atom. The summed E-state index contributed by atoms with van der Waals surface area (Å²) in [6.45, 7) is 1.33. The first kappa shape index (κ1) is 15.5. The minimum Gasteiger partial charge on any atom is -0.465 e. The first-order valence-corrected chi connectivity index (χ1v) is 6.49. The van der Waals surface area contributed by atoms with Crippen LogP contribution in [0, 0.1) is 0 Å². The third kappa shape index (κ3) is 2.76. The van der Waals surface area contributed by atoms with Crippen molar-refractivity contribution in [2.24, 2.45) is 0 Å². The standard InChI is InChI=1S/C16H15NO5/c1-10(18)17-13-7-5-4-6-11(13)8-12(15(19)21-2)9-14(17)16(20)22-3/h4-9H,1-3H3. The fourth-order valence-electron chi connectivity index (χ4n) is 2.19. The predicted octanol–water partition coefficient (Wildman–Crippen LogP) is 1.67. The molecule has 0 spiro atoms. The zero-order valence-corrected chi connectivity index (χ0v) is 12.5. The molecule has 1 aliphatic rings. The fraction of sp³-hybridized carbons (Fsp3) is 0.188. The van der Waals surface area contributed by atoms with Crippen molar-refractivity contribution in [1.29, 1.82) is 0 Å². The van der Waals surface area contributed by atoms with E-state index in [0.29, 0.717) is 11.3 Å². The third-order valence-electron chi connectivity index (χ3n) is 3.15. The lowest BCUT2D eigenvalue weighted by Crippen LogP contribution is -2.32. The number of carbonyl (C=O) groups excluding carboxylic acids is 3. The van der Waals surface area contributed by atoms with Gasteiger partial charge in [0, 0.05) is 6.92 Å². The second-order valence-electron chi connectivity index (χ2n) is 4.53. The van der Waals surface area contributed by atoms with Gasteiger partial charge in [-0.25, -0.2) is 9.59 Å². The monoisotopic (exact) mass is 301 g/mol. The molecule has 6 heteroatoms. The average molecular weight is 301 g/mol. The SMILES string of the molecule is COC(=O)C1=Cc2ccccc2N(C(C)=O)C(C(=O)OC)=C1. The van der Waals surface area contributed by atoms with Gasteiger partial charge in [0.15, 0.2) is 0 Å². The van der Waals surface area contributed by atoms with E-state index in [2.05, 4.69) is 0 Å². The number of anilines is 1. The highest BCUT2D eigenvalue weighted by Crippen LogP contribution is 2.31. The number of methoxy groups -OCH3 is 2. The topological polar surface area (TPSA) is 72.9 Å². The van der Waals surface area contributed by atoms with E-state index >= 15 is 0 Å². The van der Waals surface area contributed by atoms with Gasteiger partial charge < -0.3 is 9.47 Å². The number of hydrogen-bond donors (Lipinski definition) is 0. The molecule has 1 aliphatic heterocycles. The Morgan fingerprint density at radius 2 is 1.59 bits per heavy atom. The van der Waals surface area contributed by atoms with Crippen molar-refractivity contribution >= 4 is 29.6 Å². The molecular formula is C16H15NO5. The minimum absolute atomic E-state index is 0.0448. The number of nitrogens with zero attached hydrogens (tertiary/aromatic N) is 1. The van der Waals surface area contributed by atoms with Gasteiger partial charge in [-0.05, 0) is 23.8 Å². The molecule has 0 aromatic heterocycles. The molecule has 0 N–H and O–H groups in total. The summed E-state index contributed by atoms with van der Waals surface area (Å²) in [4.78, 5) is 37.2. The number of carbonyl (C=O) groups is 3. The van der Waals surface area contributed by atoms with Gasteiger partial charge in [0.05, 0.1) is 25.5 Å². The van der Waals surface area contributed by atoms with Crippen LogP contribution in [0.1, 0.15) is 12.5 Å². The molecule has 1 aromatic rings. The lowest BCUT2D eigenvalue weighted by atomic mass is 10.1. The summed E-state index contributed by atoms with van der Waals surface area (Å²) in [5.41, 5.74) is 1.22. The molecule has 0 fully saturated rings. The third-order valence-corrected chi connectivity index (χ3v) is 3.15. The number of ether oxygens (including phenoxy) is 2. The van der Waals surface area contributed by atoms with Gasteiger partial charge in [-0.1, -0.05) is 18.2 Å². The number of esters is 2. The van der Waals surface area contributed by atoms with E-state index in [9.17, 15) is 14.4 Å². The second kappa shape index (κ2) is 6.26. The van der Waals surface area contributed by atoms with Gasteiger partial charge in [0.2, 0.25) is 5.91 Å². The summed E-state index contributed by atoms with van der Waals surface area (Å²) in [5, 5.41) is 0. The minimum atomic E-state index is -0.721. The normalized spacial score (nSPS) is 13.3. The quantitative estimate of drug-likeness (QED) is 0.777. The van der Waals surface area contributed by atoms with Crippen LogP contribution in [-0.2, 0) is 23.9 Å². The van der Waals surface area contributed by atoms with Crippen molar-refractivity contribution in [3.05, 3.63) is 47.2 Å². The smallest absolute Gasteiger partial charge is 0.355 e. The summed E-state index contributed by atoms with van der Waals surface area (Å²) >= 11 is 0. The molecule has 0 unspecified atom stereocenters. The molecule has 0 saturated carbocycles. The molecule has 0 aliphatic carbocycles. The van der Waals surface area contributed by atoms with Crippen LogP contribution < -0.4 is 4.90 Å². The Morgan fingerprint density at radius 1 is 0.955 bits per heavy atom. The van der Waals surface area contributed by atoms with Crippen LogP contribution in [0.5, 0.6) is 0 Å². The van der Waals surface area contributed by atoms with E-state index in [1.165, 1.54) is 32.1 Å². The van der Waals surface area contributed by atoms with E-state index < -0.39 is 11.9 Å². The first-order chi connectivity index (χ1) is 10.5. The maximum Gasteiger partial charge on any atom is 0.355 e. The number of amides is 1. The van der Waals surface area contributed by atoms with Gasteiger partial charge in [0.25, 0.3) is 0 Å². The van der Waals surface area contributed by atoms with E-state index in [1.54, 1.807) is 30.3 Å². The highest BCUT2D eigenvalue weighted by molar-refractivity contribution is 6.11. The number of hydrogen-bond acceptors (Lipinski definition) is 5. The number of benzene rings is 1. The van der Waals surface area contributed by atoms with E-state index in [0.717, 1.165) is 0 Å².